The molecule has 116 valence electrons. The zero-order valence-electron chi connectivity index (χ0n) is 11.4. The first-order valence-electron chi connectivity index (χ1n) is 6.40. The van der Waals surface area contributed by atoms with E-state index in [1.165, 1.54) is 19.1 Å². The Labute approximate surface area is 121 Å². The summed E-state index contributed by atoms with van der Waals surface area (Å²) in [5, 5.41) is 18.6. The van der Waals surface area contributed by atoms with Crippen molar-refractivity contribution in [1.29, 1.82) is 0 Å². The number of benzene rings is 1. The molecule has 0 amide bonds. The number of carbonyl (C=O) groups is 1. The molecule has 1 aromatic carbocycles. The summed E-state index contributed by atoms with van der Waals surface area (Å²) in [5.74, 6) is -3.07. The van der Waals surface area contributed by atoms with Crippen LogP contribution >= 0.6 is 0 Å². The molecule has 2 atom stereocenters. The Bertz CT molecular complexity index is 661. The Balaban J connectivity index is 2.31. The summed E-state index contributed by atoms with van der Waals surface area (Å²) in [7, 11) is -3.97. The second-order valence-corrected chi connectivity index (χ2v) is 7.01. The molecule has 0 aromatic heterocycles. The third-order valence-electron chi connectivity index (χ3n) is 3.64. The van der Waals surface area contributed by atoms with Gasteiger partial charge in [0.2, 0.25) is 10.0 Å². The van der Waals surface area contributed by atoms with Crippen LogP contribution in [-0.2, 0) is 14.8 Å². The van der Waals surface area contributed by atoms with E-state index in [4.69, 9.17) is 5.11 Å². The summed E-state index contributed by atoms with van der Waals surface area (Å²) < 4.78 is 39.3. The van der Waals surface area contributed by atoms with Crippen LogP contribution in [0.3, 0.4) is 0 Å². The Hall–Kier alpha value is -1.51. The lowest BCUT2D eigenvalue weighted by molar-refractivity contribution is -0.147. The van der Waals surface area contributed by atoms with Crippen molar-refractivity contribution in [1.82, 2.24) is 4.31 Å². The number of carboxylic acid groups (broad SMARTS) is 1. The Kier molecular flexibility index (Phi) is 4.31. The molecule has 21 heavy (non-hydrogen) atoms. The molecule has 2 N–H and O–H groups in total. The van der Waals surface area contributed by atoms with Crippen molar-refractivity contribution in [3.8, 4) is 0 Å². The number of hydrogen-bond acceptors (Lipinski definition) is 4. The van der Waals surface area contributed by atoms with Gasteiger partial charge >= 0.3 is 5.97 Å². The van der Waals surface area contributed by atoms with Crippen LogP contribution in [-0.4, -0.2) is 48.1 Å². The van der Waals surface area contributed by atoms with Crippen LogP contribution in [0.4, 0.5) is 4.39 Å². The van der Waals surface area contributed by atoms with E-state index in [1.54, 1.807) is 0 Å². The summed E-state index contributed by atoms with van der Waals surface area (Å²) in [5.41, 5.74) is 0.325. The third-order valence-corrected chi connectivity index (χ3v) is 5.50. The number of rotatable bonds is 3. The highest BCUT2D eigenvalue weighted by Crippen LogP contribution is 2.25. The molecule has 1 saturated heterocycles. The average Bonchev–Trinajstić information content (AvgIpc) is 2.41. The molecule has 1 aromatic rings. The van der Waals surface area contributed by atoms with Gasteiger partial charge in [0.1, 0.15) is 5.82 Å². The van der Waals surface area contributed by atoms with Gasteiger partial charge in [0.05, 0.1) is 16.9 Å². The van der Waals surface area contributed by atoms with Gasteiger partial charge in [-0.25, -0.2) is 12.8 Å². The highest BCUT2D eigenvalue weighted by atomic mass is 32.2. The highest BCUT2D eigenvalue weighted by molar-refractivity contribution is 7.89. The summed E-state index contributed by atoms with van der Waals surface area (Å²) >= 11 is 0. The number of aliphatic carboxylic acids is 1. The van der Waals surface area contributed by atoms with Crippen LogP contribution in [0.15, 0.2) is 23.1 Å². The molecule has 0 aliphatic carbocycles. The molecule has 0 saturated carbocycles. The van der Waals surface area contributed by atoms with Crippen LogP contribution in [0.5, 0.6) is 0 Å². The lowest BCUT2D eigenvalue weighted by Gasteiger charge is -2.33. The second kappa shape index (κ2) is 5.70. The van der Waals surface area contributed by atoms with Crippen molar-refractivity contribution in [2.45, 2.75) is 24.3 Å². The zero-order valence-corrected chi connectivity index (χ0v) is 12.2. The maximum atomic E-state index is 13.5. The fourth-order valence-corrected chi connectivity index (χ4v) is 3.75. The highest BCUT2D eigenvalue weighted by Gasteiger charge is 2.38. The van der Waals surface area contributed by atoms with Gasteiger partial charge in [-0.05, 0) is 31.0 Å². The molecule has 1 aliphatic heterocycles. The predicted octanol–water partition coefficient (Wildman–Crippen LogP) is 0.590. The van der Waals surface area contributed by atoms with E-state index in [2.05, 4.69) is 0 Å². The van der Waals surface area contributed by atoms with Gasteiger partial charge < -0.3 is 10.2 Å². The number of hydrogen-bond donors (Lipinski definition) is 2. The molecule has 2 unspecified atom stereocenters. The van der Waals surface area contributed by atoms with Crippen molar-refractivity contribution in [3.63, 3.8) is 0 Å². The Morgan fingerprint density at radius 1 is 1.43 bits per heavy atom. The lowest BCUT2D eigenvalue weighted by Crippen LogP contribution is -2.48. The lowest BCUT2D eigenvalue weighted by atomic mass is 9.96. The fraction of sp³-hybridized carbons (Fsp3) is 0.462. The fourth-order valence-electron chi connectivity index (χ4n) is 2.25. The van der Waals surface area contributed by atoms with Crippen LogP contribution < -0.4 is 0 Å². The van der Waals surface area contributed by atoms with Crippen molar-refractivity contribution in [2.75, 3.05) is 13.1 Å². The van der Waals surface area contributed by atoms with E-state index < -0.39 is 33.8 Å². The van der Waals surface area contributed by atoms with Gasteiger partial charge in [0, 0.05) is 13.1 Å². The number of sulfonamides is 1. The molecule has 2 rings (SSSR count). The predicted molar refractivity (Wildman–Crippen MR) is 71.6 cm³/mol. The minimum absolute atomic E-state index is 0.00275. The molecule has 6 nitrogen and oxygen atoms in total. The number of carboxylic acids is 1. The van der Waals surface area contributed by atoms with Gasteiger partial charge in [-0.3, -0.25) is 4.79 Å². The topological polar surface area (TPSA) is 94.9 Å². The van der Waals surface area contributed by atoms with Crippen molar-refractivity contribution < 1.29 is 27.8 Å². The molecule has 1 heterocycles. The smallest absolute Gasteiger partial charge is 0.310 e. The molecule has 0 spiro atoms. The van der Waals surface area contributed by atoms with Gasteiger partial charge in [-0.15, -0.1) is 0 Å². The van der Waals surface area contributed by atoms with Gasteiger partial charge in [0.15, 0.2) is 0 Å². The molecular weight excluding hydrogens is 301 g/mol. The maximum absolute atomic E-state index is 13.5. The second-order valence-electron chi connectivity index (χ2n) is 5.07. The summed E-state index contributed by atoms with van der Waals surface area (Å²) in [4.78, 5) is 10.8. The Morgan fingerprint density at radius 2 is 2.10 bits per heavy atom. The molecule has 8 heteroatoms. The van der Waals surface area contributed by atoms with Crippen molar-refractivity contribution >= 4 is 16.0 Å². The first kappa shape index (κ1) is 15.9. The molecule has 1 aliphatic rings. The van der Waals surface area contributed by atoms with E-state index in [0.29, 0.717) is 5.56 Å². The summed E-state index contributed by atoms with van der Waals surface area (Å²) in [6, 6.07) is 3.57. The number of aliphatic hydroxyl groups excluding tert-OH is 1. The van der Waals surface area contributed by atoms with E-state index in [-0.39, 0.29) is 24.4 Å². The van der Waals surface area contributed by atoms with Crippen molar-refractivity contribution in [3.05, 3.63) is 29.6 Å². The van der Waals surface area contributed by atoms with E-state index in [0.717, 1.165) is 10.4 Å². The van der Waals surface area contributed by atoms with Crippen LogP contribution in [0.2, 0.25) is 0 Å². The van der Waals surface area contributed by atoms with Gasteiger partial charge in [-0.1, -0.05) is 6.07 Å². The maximum Gasteiger partial charge on any atom is 0.310 e. The largest absolute Gasteiger partial charge is 0.481 e. The van der Waals surface area contributed by atoms with Crippen molar-refractivity contribution in [2.24, 2.45) is 5.92 Å². The third kappa shape index (κ3) is 3.07. The van der Waals surface area contributed by atoms with Crippen LogP contribution in [0.1, 0.15) is 12.0 Å². The number of halogens is 1. The standard InChI is InChI=1S/C13H16FNO5S/c1-8-2-3-9(6-11(8)14)21(19,20)15-5-4-12(16)10(7-15)13(17)18/h2-3,6,10,12,16H,4-5,7H2,1H3,(H,17,18). The normalized spacial score (nSPS) is 24.0. The van der Waals surface area contributed by atoms with E-state index in [9.17, 15) is 22.7 Å². The molecule has 0 bridgehead atoms. The molecular formula is C13H16FNO5S. The minimum atomic E-state index is -3.97. The first-order chi connectivity index (χ1) is 9.73. The minimum Gasteiger partial charge on any atom is -0.481 e. The quantitative estimate of drug-likeness (QED) is 0.851. The molecule has 1 fully saturated rings. The SMILES string of the molecule is Cc1ccc(S(=O)(=O)N2CCC(O)C(C(=O)O)C2)cc1F. The number of piperidine rings is 1. The van der Waals surface area contributed by atoms with Gasteiger partial charge in [0.25, 0.3) is 0 Å². The number of aliphatic hydroxyl groups is 1. The number of aryl methyl sites for hydroxylation is 1. The summed E-state index contributed by atoms with van der Waals surface area (Å²) in [6.07, 6.45) is -1.05. The average molecular weight is 317 g/mol. The van der Waals surface area contributed by atoms with Gasteiger partial charge in [-0.2, -0.15) is 4.31 Å². The van der Waals surface area contributed by atoms with E-state index in [1.807, 2.05) is 0 Å². The first-order valence-corrected chi connectivity index (χ1v) is 7.84. The Morgan fingerprint density at radius 3 is 2.67 bits per heavy atom. The monoisotopic (exact) mass is 317 g/mol. The zero-order chi connectivity index (χ0) is 15.8. The van der Waals surface area contributed by atoms with Crippen LogP contribution in [0.25, 0.3) is 0 Å². The number of nitrogens with zero attached hydrogens (tertiary/aromatic N) is 1. The molecule has 0 radical (unpaired) electrons. The van der Waals surface area contributed by atoms with Crippen LogP contribution in [0, 0.1) is 18.7 Å². The van der Waals surface area contributed by atoms with E-state index >= 15 is 0 Å². The summed E-state index contributed by atoms with van der Waals surface area (Å²) in [6.45, 7) is 1.19.